The zero-order valence-corrected chi connectivity index (χ0v) is 19.0. The largest absolute Gasteiger partial charge is 0.383 e. The molecule has 2 amide bonds. The molecule has 2 aromatic rings. The smallest absolute Gasteiger partial charge is 0.255 e. The summed E-state index contributed by atoms with van der Waals surface area (Å²) in [6.45, 7) is 7.62. The van der Waals surface area contributed by atoms with Crippen LogP contribution in [-0.4, -0.2) is 55.6 Å². The Hall–Kier alpha value is -2.68. The van der Waals surface area contributed by atoms with E-state index in [4.69, 9.17) is 17.3 Å². The summed E-state index contributed by atoms with van der Waals surface area (Å²) in [4.78, 5) is 35.2. The molecule has 0 aliphatic carbocycles. The van der Waals surface area contributed by atoms with E-state index < -0.39 is 6.04 Å². The molecule has 0 radical (unpaired) electrons. The van der Waals surface area contributed by atoms with Crippen molar-refractivity contribution in [1.29, 1.82) is 0 Å². The molecule has 10 heteroatoms. The maximum absolute atomic E-state index is 12.8. The van der Waals surface area contributed by atoms with Crippen LogP contribution in [0.5, 0.6) is 0 Å². The van der Waals surface area contributed by atoms with Gasteiger partial charge in [0.25, 0.3) is 5.91 Å². The minimum atomic E-state index is -0.581. The highest BCUT2D eigenvalue weighted by atomic mass is 35.5. The lowest BCUT2D eigenvalue weighted by Gasteiger charge is -2.33. The van der Waals surface area contributed by atoms with E-state index in [1.54, 1.807) is 17.8 Å². The third-order valence-electron chi connectivity index (χ3n) is 5.88. The Balaban J connectivity index is 1.46. The van der Waals surface area contributed by atoms with Crippen molar-refractivity contribution in [2.75, 3.05) is 18.8 Å². The zero-order chi connectivity index (χ0) is 22.5. The molecule has 0 spiro atoms. The molecule has 31 heavy (non-hydrogen) atoms. The molecule has 1 saturated heterocycles. The van der Waals surface area contributed by atoms with Crippen LogP contribution in [0.3, 0.4) is 0 Å². The predicted molar refractivity (Wildman–Crippen MR) is 119 cm³/mol. The SMILES string of the molecule is CCn1cc(C(=O)NC(C)C(=O)N2CCC(CCc3c(C)nc(Cl)nc3N)CC2)cn1. The van der Waals surface area contributed by atoms with Crippen molar-refractivity contribution >= 4 is 29.2 Å². The molecule has 0 bridgehead atoms. The molecule has 1 unspecified atom stereocenters. The van der Waals surface area contributed by atoms with E-state index in [0.29, 0.717) is 36.9 Å². The van der Waals surface area contributed by atoms with E-state index in [-0.39, 0.29) is 17.1 Å². The van der Waals surface area contributed by atoms with Gasteiger partial charge in [0.15, 0.2) is 0 Å². The van der Waals surface area contributed by atoms with Gasteiger partial charge in [-0.2, -0.15) is 5.10 Å². The number of nitrogen functional groups attached to an aromatic ring is 1. The topological polar surface area (TPSA) is 119 Å². The number of nitrogens with two attached hydrogens (primary N) is 1. The lowest BCUT2D eigenvalue weighted by molar-refractivity contribution is -0.134. The van der Waals surface area contributed by atoms with Gasteiger partial charge in [0.2, 0.25) is 11.2 Å². The summed E-state index contributed by atoms with van der Waals surface area (Å²) in [5.41, 5.74) is 8.22. The van der Waals surface area contributed by atoms with Gasteiger partial charge >= 0.3 is 0 Å². The molecule has 1 aliphatic rings. The lowest BCUT2D eigenvalue weighted by Crippen LogP contribution is -2.49. The first-order chi connectivity index (χ1) is 14.8. The number of aryl methyl sites for hydroxylation is 2. The summed E-state index contributed by atoms with van der Waals surface area (Å²) in [7, 11) is 0. The number of anilines is 1. The van der Waals surface area contributed by atoms with Crippen molar-refractivity contribution < 1.29 is 9.59 Å². The molecule has 1 atom stereocenters. The van der Waals surface area contributed by atoms with Gasteiger partial charge in [-0.05, 0) is 64.0 Å². The number of amides is 2. The van der Waals surface area contributed by atoms with Gasteiger partial charge in [0.1, 0.15) is 11.9 Å². The molecule has 3 heterocycles. The van der Waals surface area contributed by atoms with Crippen LogP contribution in [0.25, 0.3) is 0 Å². The number of nitrogens with one attached hydrogen (secondary N) is 1. The summed E-state index contributed by atoms with van der Waals surface area (Å²) >= 11 is 5.85. The number of hydrogen-bond acceptors (Lipinski definition) is 6. The number of nitrogens with zero attached hydrogens (tertiary/aromatic N) is 5. The summed E-state index contributed by atoms with van der Waals surface area (Å²) in [5.74, 6) is 0.608. The molecule has 1 aliphatic heterocycles. The quantitative estimate of drug-likeness (QED) is 0.628. The van der Waals surface area contributed by atoms with E-state index >= 15 is 0 Å². The van der Waals surface area contributed by atoms with Gasteiger partial charge in [-0.1, -0.05) is 0 Å². The Bertz CT molecular complexity index is 915. The van der Waals surface area contributed by atoms with E-state index in [0.717, 1.165) is 36.9 Å². The molecule has 0 aromatic carbocycles. The second-order valence-corrected chi connectivity index (χ2v) is 8.37. The molecule has 2 aromatic heterocycles. The molecular weight excluding hydrogens is 418 g/mol. The van der Waals surface area contributed by atoms with Crippen molar-refractivity contribution in [2.24, 2.45) is 5.92 Å². The predicted octanol–water partition coefficient (Wildman–Crippen LogP) is 2.23. The number of aromatic nitrogens is 4. The summed E-state index contributed by atoms with van der Waals surface area (Å²) in [6.07, 6.45) is 6.79. The number of rotatable bonds is 7. The first-order valence-corrected chi connectivity index (χ1v) is 11.1. The normalized spacial score (nSPS) is 15.7. The van der Waals surface area contributed by atoms with Crippen molar-refractivity contribution in [3.05, 3.63) is 34.5 Å². The van der Waals surface area contributed by atoms with E-state index in [1.807, 2.05) is 18.7 Å². The lowest BCUT2D eigenvalue weighted by atomic mass is 9.90. The first-order valence-electron chi connectivity index (χ1n) is 10.7. The van der Waals surface area contributed by atoms with Crippen LogP contribution in [-0.2, 0) is 17.8 Å². The van der Waals surface area contributed by atoms with Gasteiger partial charge in [0, 0.05) is 37.1 Å². The highest BCUT2D eigenvalue weighted by Crippen LogP contribution is 2.25. The van der Waals surface area contributed by atoms with Crippen molar-refractivity contribution in [3.8, 4) is 0 Å². The second-order valence-electron chi connectivity index (χ2n) is 8.03. The van der Waals surface area contributed by atoms with E-state index in [2.05, 4.69) is 20.4 Å². The molecule has 168 valence electrons. The third-order valence-corrected chi connectivity index (χ3v) is 6.05. The van der Waals surface area contributed by atoms with Gasteiger partial charge in [-0.25, -0.2) is 9.97 Å². The van der Waals surface area contributed by atoms with Gasteiger partial charge < -0.3 is 16.0 Å². The molecule has 0 saturated carbocycles. The first kappa shape index (κ1) is 23.0. The minimum absolute atomic E-state index is 0.0547. The Morgan fingerprint density at radius 1 is 1.32 bits per heavy atom. The van der Waals surface area contributed by atoms with Crippen molar-refractivity contribution in [2.45, 2.75) is 59.0 Å². The van der Waals surface area contributed by atoms with E-state index in [9.17, 15) is 9.59 Å². The molecule has 3 rings (SSSR count). The van der Waals surface area contributed by atoms with Crippen LogP contribution in [0.1, 0.15) is 54.7 Å². The Kier molecular flexibility index (Phi) is 7.48. The van der Waals surface area contributed by atoms with Crippen LogP contribution in [0.2, 0.25) is 5.28 Å². The maximum Gasteiger partial charge on any atom is 0.255 e. The van der Waals surface area contributed by atoms with Crippen molar-refractivity contribution in [3.63, 3.8) is 0 Å². The van der Waals surface area contributed by atoms with Gasteiger partial charge in [-0.3, -0.25) is 14.3 Å². The van der Waals surface area contributed by atoms with Crippen LogP contribution < -0.4 is 11.1 Å². The summed E-state index contributed by atoms with van der Waals surface area (Å²) in [5, 5.41) is 7.05. The number of halogens is 1. The standard InChI is InChI=1S/C21H30ClN7O2/c1-4-29-12-16(11-24-29)19(30)25-14(3)20(31)28-9-7-15(8-10-28)5-6-17-13(2)26-21(22)27-18(17)23/h11-12,14-15H,4-10H2,1-3H3,(H,25,30)(H2,23,26,27). The molecule has 1 fully saturated rings. The van der Waals surface area contributed by atoms with Crippen LogP contribution >= 0.6 is 11.6 Å². The Morgan fingerprint density at radius 3 is 2.65 bits per heavy atom. The average Bonchev–Trinajstić information content (AvgIpc) is 3.22. The second kappa shape index (κ2) is 10.1. The van der Waals surface area contributed by atoms with Crippen LogP contribution in [0.15, 0.2) is 12.4 Å². The fourth-order valence-corrected chi connectivity index (χ4v) is 4.17. The average molecular weight is 448 g/mol. The maximum atomic E-state index is 12.8. The fraction of sp³-hybridized carbons (Fsp3) is 0.571. The summed E-state index contributed by atoms with van der Waals surface area (Å²) in [6, 6.07) is -0.581. The monoisotopic (exact) mass is 447 g/mol. The van der Waals surface area contributed by atoms with Gasteiger partial charge in [0.05, 0.1) is 11.8 Å². The van der Waals surface area contributed by atoms with E-state index in [1.165, 1.54) is 6.20 Å². The van der Waals surface area contributed by atoms with Crippen LogP contribution in [0, 0.1) is 12.8 Å². The Labute approximate surface area is 187 Å². The number of likely N-dealkylation sites (tertiary alicyclic amines) is 1. The number of piperidine rings is 1. The highest BCUT2D eigenvalue weighted by molar-refractivity contribution is 6.28. The van der Waals surface area contributed by atoms with Crippen LogP contribution in [0.4, 0.5) is 5.82 Å². The molecular formula is C21H30ClN7O2. The van der Waals surface area contributed by atoms with Crippen molar-refractivity contribution in [1.82, 2.24) is 30.0 Å². The number of carbonyl (C=O) groups is 2. The Morgan fingerprint density at radius 2 is 2.03 bits per heavy atom. The number of carbonyl (C=O) groups excluding carboxylic acids is 2. The minimum Gasteiger partial charge on any atom is -0.383 e. The fourth-order valence-electron chi connectivity index (χ4n) is 3.95. The highest BCUT2D eigenvalue weighted by Gasteiger charge is 2.27. The summed E-state index contributed by atoms with van der Waals surface area (Å²) < 4.78 is 1.68. The molecule has 3 N–H and O–H groups in total. The molecule has 9 nitrogen and oxygen atoms in total. The number of hydrogen-bond donors (Lipinski definition) is 2. The zero-order valence-electron chi connectivity index (χ0n) is 18.3. The third kappa shape index (κ3) is 5.72. The van der Waals surface area contributed by atoms with Gasteiger partial charge in [-0.15, -0.1) is 0 Å².